The zero-order chi connectivity index (χ0) is 16.3. The van der Waals surface area contributed by atoms with Crippen LogP contribution in [-0.2, 0) is 6.54 Å². The number of guanidine groups is 1. The first-order valence-electron chi connectivity index (χ1n) is 9.05. The van der Waals surface area contributed by atoms with Gasteiger partial charge in [0, 0.05) is 19.6 Å². The van der Waals surface area contributed by atoms with Crippen LogP contribution in [0.4, 0.5) is 0 Å². The Hall–Kier alpha value is -1.49. The van der Waals surface area contributed by atoms with E-state index in [1.54, 1.807) is 6.26 Å². The van der Waals surface area contributed by atoms with Crippen molar-refractivity contribution in [3.63, 3.8) is 0 Å². The Bertz CT molecular complexity index is 444. The molecule has 130 valence electrons. The van der Waals surface area contributed by atoms with Gasteiger partial charge in [-0.25, -0.2) is 4.99 Å². The average molecular weight is 320 g/mol. The lowest BCUT2D eigenvalue weighted by molar-refractivity contribution is 0.181. The van der Waals surface area contributed by atoms with Crippen LogP contribution in [0, 0.1) is 5.92 Å². The van der Waals surface area contributed by atoms with Gasteiger partial charge in [0.1, 0.15) is 12.3 Å². The molecule has 1 unspecified atom stereocenters. The number of nitrogens with one attached hydrogen (secondary N) is 2. The van der Waals surface area contributed by atoms with Gasteiger partial charge in [0.25, 0.3) is 0 Å². The fourth-order valence-corrected chi connectivity index (χ4v) is 3.06. The third kappa shape index (κ3) is 7.08. The minimum atomic E-state index is 0.577. The third-order valence-corrected chi connectivity index (χ3v) is 4.25. The summed E-state index contributed by atoms with van der Waals surface area (Å²) < 4.78 is 5.31. The van der Waals surface area contributed by atoms with Gasteiger partial charge in [-0.3, -0.25) is 0 Å². The second kappa shape index (κ2) is 10.3. The van der Waals surface area contributed by atoms with Crippen molar-refractivity contribution in [2.45, 2.75) is 46.1 Å². The Labute approximate surface area is 140 Å². The Kier molecular flexibility index (Phi) is 8.01. The maximum absolute atomic E-state index is 5.31. The van der Waals surface area contributed by atoms with Gasteiger partial charge in [0.15, 0.2) is 5.96 Å². The van der Waals surface area contributed by atoms with E-state index in [2.05, 4.69) is 34.4 Å². The summed E-state index contributed by atoms with van der Waals surface area (Å²) >= 11 is 0. The lowest BCUT2D eigenvalue weighted by Gasteiger charge is -2.30. The maximum Gasteiger partial charge on any atom is 0.191 e. The molecule has 2 rings (SSSR count). The molecule has 5 nitrogen and oxygen atoms in total. The van der Waals surface area contributed by atoms with E-state index < -0.39 is 0 Å². The van der Waals surface area contributed by atoms with Crippen LogP contribution in [0.1, 0.15) is 45.3 Å². The zero-order valence-electron chi connectivity index (χ0n) is 14.7. The van der Waals surface area contributed by atoms with E-state index in [-0.39, 0.29) is 0 Å². The molecule has 0 spiro atoms. The Balaban J connectivity index is 1.61. The van der Waals surface area contributed by atoms with E-state index >= 15 is 0 Å². The predicted molar refractivity (Wildman–Crippen MR) is 95.6 cm³/mol. The fourth-order valence-electron chi connectivity index (χ4n) is 3.06. The fraction of sp³-hybridized carbons (Fsp3) is 0.722. The van der Waals surface area contributed by atoms with Gasteiger partial charge >= 0.3 is 0 Å². The van der Waals surface area contributed by atoms with E-state index in [1.165, 1.54) is 45.3 Å². The number of aliphatic imine (C=N–C) groups is 1. The molecular formula is C18H32N4O. The van der Waals surface area contributed by atoms with Crippen molar-refractivity contribution in [3.8, 4) is 0 Å². The lowest BCUT2D eigenvalue weighted by atomic mass is 10.0. The monoisotopic (exact) mass is 320 g/mol. The smallest absolute Gasteiger partial charge is 0.191 e. The summed E-state index contributed by atoms with van der Waals surface area (Å²) in [4.78, 5) is 7.16. The molecule has 23 heavy (non-hydrogen) atoms. The summed E-state index contributed by atoms with van der Waals surface area (Å²) in [6.45, 7) is 10.7. The molecule has 5 heteroatoms. The number of unbranched alkanes of at least 4 members (excludes halogenated alkanes) is 1. The van der Waals surface area contributed by atoms with Crippen LogP contribution in [0.5, 0.6) is 0 Å². The molecule has 0 bridgehead atoms. The first-order valence-corrected chi connectivity index (χ1v) is 9.05. The second-order valence-electron chi connectivity index (χ2n) is 6.46. The van der Waals surface area contributed by atoms with Crippen molar-refractivity contribution in [2.75, 3.05) is 32.7 Å². The van der Waals surface area contributed by atoms with Gasteiger partial charge in [-0.2, -0.15) is 0 Å². The first kappa shape index (κ1) is 17.9. The van der Waals surface area contributed by atoms with Crippen molar-refractivity contribution in [2.24, 2.45) is 10.9 Å². The van der Waals surface area contributed by atoms with Crippen LogP contribution in [0.3, 0.4) is 0 Å². The van der Waals surface area contributed by atoms with Gasteiger partial charge in [-0.05, 0) is 63.7 Å². The number of hydrogen-bond donors (Lipinski definition) is 2. The van der Waals surface area contributed by atoms with Crippen molar-refractivity contribution in [1.82, 2.24) is 15.5 Å². The quantitative estimate of drug-likeness (QED) is 0.439. The second-order valence-corrected chi connectivity index (χ2v) is 6.46. The molecule has 1 aliphatic heterocycles. The van der Waals surface area contributed by atoms with Crippen molar-refractivity contribution in [1.29, 1.82) is 0 Å². The van der Waals surface area contributed by atoms with E-state index in [0.29, 0.717) is 6.54 Å². The van der Waals surface area contributed by atoms with Crippen molar-refractivity contribution < 1.29 is 4.42 Å². The lowest BCUT2D eigenvalue weighted by Crippen LogP contribution is -2.38. The summed E-state index contributed by atoms with van der Waals surface area (Å²) in [6.07, 6.45) is 6.87. The van der Waals surface area contributed by atoms with Crippen molar-refractivity contribution in [3.05, 3.63) is 24.2 Å². The molecule has 0 amide bonds. The molecule has 0 aromatic carbocycles. The number of rotatable bonds is 8. The van der Waals surface area contributed by atoms with Crippen LogP contribution < -0.4 is 10.6 Å². The minimum absolute atomic E-state index is 0.577. The number of likely N-dealkylation sites (tertiary alicyclic amines) is 1. The highest BCUT2D eigenvalue weighted by Crippen LogP contribution is 2.15. The van der Waals surface area contributed by atoms with Crippen LogP contribution in [0.2, 0.25) is 0 Å². The van der Waals surface area contributed by atoms with Crippen LogP contribution in [-0.4, -0.2) is 43.6 Å². The highest BCUT2D eigenvalue weighted by Gasteiger charge is 2.15. The Morgan fingerprint density at radius 3 is 3.04 bits per heavy atom. The first-order chi connectivity index (χ1) is 11.3. The number of hydrogen-bond acceptors (Lipinski definition) is 3. The van der Waals surface area contributed by atoms with Gasteiger partial charge in [-0.1, -0.05) is 6.92 Å². The maximum atomic E-state index is 5.31. The van der Waals surface area contributed by atoms with Crippen molar-refractivity contribution >= 4 is 5.96 Å². The Morgan fingerprint density at radius 2 is 2.30 bits per heavy atom. The average Bonchev–Trinajstić information content (AvgIpc) is 3.05. The molecule has 0 saturated carbocycles. The van der Waals surface area contributed by atoms with Gasteiger partial charge < -0.3 is 20.0 Å². The van der Waals surface area contributed by atoms with E-state index in [9.17, 15) is 0 Å². The van der Waals surface area contributed by atoms with E-state index in [0.717, 1.165) is 30.7 Å². The predicted octanol–water partition coefficient (Wildman–Crippen LogP) is 2.85. The molecule has 1 aromatic rings. The van der Waals surface area contributed by atoms with Crippen LogP contribution >= 0.6 is 0 Å². The SMILES string of the molecule is CCNC(=NCc1ccco1)NCCCCN1CCCC(C)C1. The Morgan fingerprint density at radius 1 is 1.39 bits per heavy atom. The standard InChI is InChI=1S/C18H32N4O/c1-3-19-18(21-14-17-9-7-13-23-17)20-10-4-5-11-22-12-6-8-16(2)15-22/h7,9,13,16H,3-6,8,10-12,14-15H2,1-2H3,(H2,19,20,21). The van der Waals surface area contributed by atoms with E-state index in [1.807, 2.05) is 12.1 Å². The highest BCUT2D eigenvalue weighted by molar-refractivity contribution is 5.79. The molecule has 2 N–H and O–H groups in total. The summed E-state index contributed by atoms with van der Waals surface area (Å²) in [5.41, 5.74) is 0. The topological polar surface area (TPSA) is 52.8 Å². The third-order valence-electron chi connectivity index (χ3n) is 4.25. The molecule has 0 aliphatic carbocycles. The van der Waals surface area contributed by atoms with Gasteiger partial charge in [0.05, 0.1) is 6.26 Å². The van der Waals surface area contributed by atoms with Crippen LogP contribution in [0.15, 0.2) is 27.8 Å². The van der Waals surface area contributed by atoms with Crippen LogP contribution in [0.25, 0.3) is 0 Å². The molecule has 1 aliphatic rings. The van der Waals surface area contributed by atoms with E-state index in [4.69, 9.17) is 4.42 Å². The number of piperidine rings is 1. The summed E-state index contributed by atoms with van der Waals surface area (Å²) in [6, 6.07) is 3.85. The highest BCUT2D eigenvalue weighted by atomic mass is 16.3. The number of nitrogens with zero attached hydrogens (tertiary/aromatic N) is 2. The zero-order valence-corrected chi connectivity index (χ0v) is 14.7. The largest absolute Gasteiger partial charge is 0.467 e. The normalized spacial score (nSPS) is 19.7. The molecule has 1 aromatic heterocycles. The summed E-state index contributed by atoms with van der Waals surface area (Å²) in [5.74, 6) is 2.63. The molecule has 0 radical (unpaired) electrons. The summed E-state index contributed by atoms with van der Waals surface area (Å²) in [7, 11) is 0. The molecule has 2 heterocycles. The molecule has 1 fully saturated rings. The summed E-state index contributed by atoms with van der Waals surface area (Å²) in [5, 5.41) is 6.69. The van der Waals surface area contributed by atoms with Gasteiger partial charge in [-0.15, -0.1) is 0 Å². The molecular weight excluding hydrogens is 288 g/mol. The molecule has 1 atom stereocenters. The molecule has 1 saturated heterocycles. The number of furan rings is 1. The minimum Gasteiger partial charge on any atom is -0.467 e. The van der Waals surface area contributed by atoms with Gasteiger partial charge in [0.2, 0.25) is 0 Å².